The van der Waals surface area contributed by atoms with Crippen molar-refractivity contribution in [2.45, 2.75) is 18.7 Å². The molecule has 3 aromatic rings. The van der Waals surface area contributed by atoms with E-state index in [9.17, 15) is 18.5 Å². The van der Waals surface area contributed by atoms with E-state index < -0.39 is 14.9 Å². The van der Waals surface area contributed by atoms with Gasteiger partial charge in [-0.2, -0.15) is 4.31 Å². The van der Waals surface area contributed by atoms with Crippen LogP contribution in [0.3, 0.4) is 0 Å². The van der Waals surface area contributed by atoms with Gasteiger partial charge in [0, 0.05) is 43.9 Å². The SMILES string of the molecule is CCOc1ccc(-c2ccc(N3CCN(S(=O)(=O)c4cc([N+](=O)[O-])ccc4C)CC3)nn2)cc1. The van der Waals surface area contributed by atoms with Gasteiger partial charge in [0.25, 0.3) is 5.69 Å². The average molecular weight is 484 g/mol. The number of rotatable bonds is 7. The molecule has 1 aliphatic rings. The number of ether oxygens (including phenoxy) is 1. The maximum Gasteiger partial charge on any atom is 0.270 e. The zero-order valence-corrected chi connectivity index (χ0v) is 19.7. The van der Waals surface area contributed by atoms with Gasteiger partial charge >= 0.3 is 0 Å². The highest BCUT2D eigenvalue weighted by Gasteiger charge is 2.31. The second-order valence-electron chi connectivity index (χ2n) is 7.83. The van der Waals surface area contributed by atoms with Gasteiger partial charge in [-0.05, 0) is 55.8 Å². The van der Waals surface area contributed by atoms with Crippen LogP contribution in [0.15, 0.2) is 59.5 Å². The van der Waals surface area contributed by atoms with Crippen molar-refractivity contribution in [3.63, 3.8) is 0 Å². The molecule has 2 heterocycles. The Hall–Kier alpha value is -3.57. The van der Waals surface area contributed by atoms with Gasteiger partial charge in [0.15, 0.2) is 5.82 Å². The molecular weight excluding hydrogens is 458 g/mol. The summed E-state index contributed by atoms with van der Waals surface area (Å²) in [5.41, 5.74) is 1.88. The summed E-state index contributed by atoms with van der Waals surface area (Å²) in [6.07, 6.45) is 0. The largest absolute Gasteiger partial charge is 0.494 e. The molecular formula is C23H25N5O5S. The number of sulfonamides is 1. The first kappa shape index (κ1) is 23.6. The number of hydrogen-bond donors (Lipinski definition) is 0. The summed E-state index contributed by atoms with van der Waals surface area (Å²) in [6, 6.07) is 15.3. The Balaban J connectivity index is 1.43. The number of aryl methyl sites for hydroxylation is 1. The fourth-order valence-corrected chi connectivity index (χ4v) is 5.48. The molecule has 0 amide bonds. The average Bonchev–Trinajstić information content (AvgIpc) is 2.85. The molecule has 34 heavy (non-hydrogen) atoms. The van der Waals surface area contributed by atoms with Crippen LogP contribution >= 0.6 is 0 Å². The topological polar surface area (TPSA) is 119 Å². The van der Waals surface area contributed by atoms with Crippen LogP contribution in [0.2, 0.25) is 0 Å². The first-order valence-electron chi connectivity index (χ1n) is 10.9. The van der Waals surface area contributed by atoms with Crippen LogP contribution in [-0.2, 0) is 10.0 Å². The summed E-state index contributed by atoms with van der Waals surface area (Å²) in [6.45, 7) is 5.53. The zero-order valence-electron chi connectivity index (χ0n) is 18.9. The molecule has 0 bridgehead atoms. The van der Waals surface area contributed by atoms with Crippen molar-refractivity contribution in [2.24, 2.45) is 0 Å². The van der Waals surface area contributed by atoms with E-state index in [2.05, 4.69) is 10.2 Å². The highest BCUT2D eigenvalue weighted by Crippen LogP contribution is 2.27. The van der Waals surface area contributed by atoms with Crippen LogP contribution in [-0.4, -0.2) is 60.6 Å². The molecule has 10 nitrogen and oxygen atoms in total. The molecule has 1 aliphatic heterocycles. The normalized spacial score (nSPS) is 14.7. The number of anilines is 1. The minimum absolute atomic E-state index is 0.0327. The third kappa shape index (κ3) is 4.85. The third-order valence-corrected chi connectivity index (χ3v) is 7.72. The van der Waals surface area contributed by atoms with Gasteiger partial charge in [-0.15, -0.1) is 10.2 Å². The molecule has 1 saturated heterocycles. The second kappa shape index (κ2) is 9.74. The van der Waals surface area contributed by atoms with Crippen LogP contribution in [0.1, 0.15) is 12.5 Å². The third-order valence-electron chi connectivity index (χ3n) is 5.67. The van der Waals surface area contributed by atoms with Gasteiger partial charge in [0.2, 0.25) is 10.0 Å². The Morgan fingerprint density at radius 3 is 2.29 bits per heavy atom. The lowest BCUT2D eigenvalue weighted by Gasteiger charge is -2.34. The molecule has 0 spiro atoms. The van der Waals surface area contributed by atoms with Crippen molar-refractivity contribution in [3.05, 3.63) is 70.3 Å². The van der Waals surface area contributed by atoms with E-state index in [1.165, 1.54) is 16.4 Å². The fourth-order valence-electron chi connectivity index (χ4n) is 3.81. The number of benzene rings is 2. The standard InChI is InChI=1S/C23H25N5O5S/c1-3-33-20-8-5-18(6-9-20)21-10-11-23(25-24-21)26-12-14-27(15-13-26)34(31,32)22-16-19(28(29)30)7-4-17(22)2/h4-11,16H,3,12-15H2,1-2H3. The number of nitro benzene ring substituents is 1. The predicted molar refractivity (Wildman–Crippen MR) is 127 cm³/mol. The summed E-state index contributed by atoms with van der Waals surface area (Å²) in [5, 5.41) is 19.7. The number of nitro groups is 1. The maximum absolute atomic E-state index is 13.1. The van der Waals surface area contributed by atoms with Crippen molar-refractivity contribution < 1.29 is 18.1 Å². The van der Waals surface area contributed by atoms with E-state index in [1.807, 2.05) is 48.2 Å². The van der Waals surface area contributed by atoms with Crippen molar-refractivity contribution in [3.8, 4) is 17.0 Å². The summed E-state index contributed by atoms with van der Waals surface area (Å²) < 4.78 is 33.1. The van der Waals surface area contributed by atoms with E-state index >= 15 is 0 Å². The summed E-state index contributed by atoms with van der Waals surface area (Å²) in [7, 11) is -3.85. The van der Waals surface area contributed by atoms with Crippen LogP contribution in [0.4, 0.5) is 11.5 Å². The van der Waals surface area contributed by atoms with E-state index in [-0.39, 0.29) is 23.7 Å². The van der Waals surface area contributed by atoms with Crippen LogP contribution in [0, 0.1) is 17.0 Å². The number of nitrogens with zero attached hydrogens (tertiary/aromatic N) is 5. The quantitative estimate of drug-likeness (QED) is 0.371. The molecule has 4 rings (SSSR count). The van der Waals surface area contributed by atoms with Crippen LogP contribution in [0.25, 0.3) is 11.3 Å². The first-order chi connectivity index (χ1) is 16.3. The summed E-state index contributed by atoms with van der Waals surface area (Å²) in [5.74, 6) is 1.46. The maximum atomic E-state index is 13.1. The minimum Gasteiger partial charge on any atom is -0.494 e. The Morgan fingerprint density at radius 1 is 1.00 bits per heavy atom. The zero-order chi connectivity index (χ0) is 24.3. The van der Waals surface area contributed by atoms with Gasteiger partial charge in [-0.3, -0.25) is 10.1 Å². The van der Waals surface area contributed by atoms with Gasteiger partial charge < -0.3 is 9.64 Å². The highest BCUT2D eigenvalue weighted by molar-refractivity contribution is 7.89. The van der Waals surface area contributed by atoms with Gasteiger partial charge in [0.1, 0.15) is 5.75 Å². The highest BCUT2D eigenvalue weighted by atomic mass is 32.2. The fraction of sp³-hybridized carbons (Fsp3) is 0.304. The van der Waals surface area contributed by atoms with E-state index in [0.717, 1.165) is 23.1 Å². The Kier molecular flexibility index (Phi) is 6.75. The predicted octanol–water partition coefficient (Wildman–Crippen LogP) is 3.27. The molecule has 1 aromatic heterocycles. The van der Waals surface area contributed by atoms with Gasteiger partial charge in [-0.25, -0.2) is 8.42 Å². The van der Waals surface area contributed by atoms with Crippen molar-refractivity contribution in [1.29, 1.82) is 0 Å². The van der Waals surface area contributed by atoms with Crippen molar-refractivity contribution in [2.75, 3.05) is 37.7 Å². The Labute approximate surface area is 198 Å². The van der Waals surface area contributed by atoms with Crippen molar-refractivity contribution >= 4 is 21.5 Å². The molecule has 178 valence electrons. The number of non-ortho nitro benzene ring substituents is 1. The summed E-state index contributed by atoms with van der Waals surface area (Å²) >= 11 is 0. The molecule has 1 fully saturated rings. The molecule has 0 radical (unpaired) electrons. The van der Waals surface area contributed by atoms with E-state index in [4.69, 9.17) is 4.74 Å². The molecule has 2 aromatic carbocycles. The lowest BCUT2D eigenvalue weighted by Crippen LogP contribution is -2.49. The molecule has 0 saturated carbocycles. The van der Waals surface area contributed by atoms with Crippen molar-refractivity contribution in [1.82, 2.24) is 14.5 Å². The van der Waals surface area contributed by atoms with Crippen LogP contribution in [0.5, 0.6) is 5.75 Å². The van der Waals surface area contributed by atoms with Gasteiger partial charge in [0.05, 0.1) is 22.1 Å². The van der Waals surface area contributed by atoms with Crippen LogP contribution < -0.4 is 9.64 Å². The molecule has 11 heteroatoms. The number of aromatic nitrogens is 2. The smallest absolute Gasteiger partial charge is 0.270 e. The monoisotopic (exact) mass is 483 g/mol. The molecule has 0 atom stereocenters. The Morgan fingerprint density at radius 2 is 1.71 bits per heavy atom. The number of hydrogen-bond acceptors (Lipinski definition) is 8. The Bertz CT molecular complexity index is 1270. The second-order valence-corrected chi connectivity index (χ2v) is 9.74. The lowest BCUT2D eigenvalue weighted by atomic mass is 10.1. The lowest BCUT2D eigenvalue weighted by molar-refractivity contribution is -0.385. The number of piperazine rings is 1. The molecule has 0 unspecified atom stereocenters. The summed E-state index contributed by atoms with van der Waals surface area (Å²) in [4.78, 5) is 12.4. The van der Waals surface area contributed by atoms with Gasteiger partial charge in [-0.1, -0.05) is 6.07 Å². The molecule has 0 aliphatic carbocycles. The minimum atomic E-state index is -3.85. The van der Waals surface area contributed by atoms with E-state index in [0.29, 0.717) is 31.1 Å². The first-order valence-corrected chi connectivity index (χ1v) is 12.3. The van der Waals surface area contributed by atoms with E-state index in [1.54, 1.807) is 6.92 Å². The molecule has 0 N–H and O–H groups in total.